The largest absolute Gasteiger partial charge is 0.375 e. The SMILES string of the molecule is Cc1cc(C(=O)N2CCO[C@H](CCc3ccccc3)C2)on1. The lowest BCUT2D eigenvalue weighted by Gasteiger charge is -2.32. The van der Waals surface area contributed by atoms with Crippen molar-refractivity contribution in [1.82, 2.24) is 10.1 Å². The summed E-state index contributed by atoms with van der Waals surface area (Å²) in [6.07, 6.45) is 1.93. The third-order valence-corrected chi connectivity index (χ3v) is 3.86. The van der Waals surface area contributed by atoms with Gasteiger partial charge in [-0.05, 0) is 25.3 Å². The van der Waals surface area contributed by atoms with Gasteiger partial charge in [0.2, 0.25) is 5.76 Å². The minimum absolute atomic E-state index is 0.0712. The second kappa shape index (κ2) is 6.75. The predicted octanol–water partition coefficient (Wildman–Crippen LogP) is 2.46. The minimum atomic E-state index is -0.103. The molecule has 1 aliphatic heterocycles. The molecule has 1 saturated heterocycles. The Balaban J connectivity index is 1.56. The molecule has 1 aromatic carbocycles. The van der Waals surface area contributed by atoms with Gasteiger partial charge in [0.05, 0.1) is 18.4 Å². The fourth-order valence-corrected chi connectivity index (χ4v) is 2.67. The highest BCUT2D eigenvalue weighted by Crippen LogP contribution is 2.15. The van der Waals surface area contributed by atoms with Crippen molar-refractivity contribution in [3.63, 3.8) is 0 Å². The molecule has 2 heterocycles. The van der Waals surface area contributed by atoms with Crippen LogP contribution in [0.1, 0.15) is 28.2 Å². The van der Waals surface area contributed by atoms with Crippen LogP contribution in [0.15, 0.2) is 40.9 Å². The fourth-order valence-electron chi connectivity index (χ4n) is 2.67. The van der Waals surface area contributed by atoms with Crippen LogP contribution in [-0.4, -0.2) is 41.8 Å². The topological polar surface area (TPSA) is 55.6 Å². The summed E-state index contributed by atoms with van der Waals surface area (Å²) >= 11 is 0. The third kappa shape index (κ3) is 3.54. The maximum atomic E-state index is 12.4. The fraction of sp³-hybridized carbons (Fsp3) is 0.412. The number of aromatic nitrogens is 1. The molecule has 1 aliphatic rings. The molecule has 1 aromatic heterocycles. The first kappa shape index (κ1) is 14.8. The number of aryl methyl sites for hydroxylation is 2. The molecule has 0 unspecified atom stereocenters. The van der Waals surface area contributed by atoms with E-state index in [1.165, 1.54) is 5.56 Å². The predicted molar refractivity (Wildman–Crippen MR) is 81.6 cm³/mol. The van der Waals surface area contributed by atoms with Crippen LogP contribution in [0.5, 0.6) is 0 Å². The first-order valence-corrected chi connectivity index (χ1v) is 7.60. The van der Waals surface area contributed by atoms with E-state index in [0.717, 1.165) is 18.5 Å². The van der Waals surface area contributed by atoms with E-state index in [2.05, 4.69) is 17.3 Å². The van der Waals surface area contributed by atoms with Gasteiger partial charge >= 0.3 is 0 Å². The Labute approximate surface area is 129 Å². The number of benzene rings is 1. The quantitative estimate of drug-likeness (QED) is 0.870. The highest BCUT2D eigenvalue weighted by Gasteiger charge is 2.27. The van der Waals surface area contributed by atoms with Gasteiger partial charge in [-0.15, -0.1) is 0 Å². The van der Waals surface area contributed by atoms with Crippen LogP contribution in [0.25, 0.3) is 0 Å². The molecule has 0 spiro atoms. The standard InChI is InChI=1S/C17H20N2O3/c1-13-11-16(22-18-13)17(20)19-9-10-21-15(12-19)8-7-14-5-3-2-4-6-14/h2-6,11,15H,7-10,12H2,1H3/t15-/m1/s1. The Kier molecular flexibility index (Phi) is 4.53. The monoisotopic (exact) mass is 300 g/mol. The van der Waals surface area contributed by atoms with Gasteiger partial charge < -0.3 is 14.2 Å². The van der Waals surface area contributed by atoms with Crippen molar-refractivity contribution < 1.29 is 14.1 Å². The zero-order chi connectivity index (χ0) is 15.4. The molecule has 5 nitrogen and oxygen atoms in total. The summed E-state index contributed by atoms with van der Waals surface area (Å²) in [5.74, 6) is 0.204. The average molecular weight is 300 g/mol. The van der Waals surface area contributed by atoms with Crippen molar-refractivity contribution in [2.24, 2.45) is 0 Å². The summed E-state index contributed by atoms with van der Waals surface area (Å²) in [7, 11) is 0. The first-order chi connectivity index (χ1) is 10.7. The number of hydrogen-bond donors (Lipinski definition) is 0. The van der Waals surface area contributed by atoms with Gasteiger partial charge in [0.25, 0.3) is 5.91 Å². The van der Waals surface area contributed by atoms with Crippen molar-refractivity contribution in [2.75, 3.05) is 19.7 Å². The van der Waals surface area contributed by atoms with E-state index in [0.29, 0.717) is 25.5 Å². The highest BCUT2D eigenvalue weighted by molar-refractivity contribution is 5.91. The second-order valence-corrected chi connectivity index (χ2v) is 5.60. The molecule has 2 aromatic rings. The van der Waals surface area contributed by atoms with E-state index in [4.69, 9.17) is 9.26 Å². The number of carbonyl (C=O) groups excluding carboxylic acids is 1. The minimum Gasteiger partial charge on any atom is -0.375 e. The van der Waals surface area contributed by atoms with Crippen molar-refractivity contribution in [3.8, 4) is 0 Å². The highest BCUT2D eigenvalue weighted by atomic mass is 16.5. The molecule has 0 N–H and O–H groups in total. The maximum absolute atomic E-state index is 12.4. The molecular formula is C17H20N2O3. The number of ether oxygens (including phenoxy) is 1. The molecule has 116 valence electrons. The van der Waals surface area contributed by atoms with Gasteiger partial charge in [-0.3, -0.25) is 4.79 Å². The van der Waals surface area contributed by atoms with E-state index in [1.54, 1.807) is 11.0 Å². The van der Waals surface area contributed by atoms with Crippen molar-refractivity contribution in [2.45, 2.75) is 25.9 Å². The van der Waals surface area contributed by atoms with Crippen LogP contribution in [0, 0.1) is 6.92 Å². The maximum Gasteiger partial charge on any atom is 0.292 e. The molecule has 5 heteroatoms. The van der Waals surface area contributed by atoms with E-state index in [9.17, 15) is 4.79 Å². The molecule has 1 atom stereocenters. The summed E-state index contributed by atoms with van der Waals surface area (Å²) in [6.45, 7) is 3.58. The summed E-state index contributed by atoms with van der Waals surface area (Å²) < 4.78 is 10.8. The lowest BCUT2D eigenvalue weighted by atomic mass is 10.1. The lowest BCUT2D eigenvalue weighted by molar-refractivity contribution is -0.0257. The van der Waals surface area contributed by atoms with Crippen molar-refractivity contribution >= 4 is 5.91 Å². The lowest BCUT2D eigenvalue weighted by Crippen LogP contribution is -2.45. The van der Waals surface area contributed by atoms with E-state index < -0.39 is 0 Å². The first-order valence-electron chi connectivity index (χ1n) is 7.60. The van der Waals surface area contributed by atoms with Crippen LogP contribution in [0.2, 0.25) is 0 Å². The molecule has 1 fully saturated rings. The van der Waals surface area contributed by atoms with Crippen LogP contribution in [0.4, 0.5) is 0 Å². The van der Waals surface area contributed by atoms with Crippen molar-refractivity contribution in [3.05, 3.63) is 53.4 Å². The van der Waals surface area contributed by atoms with E-state index >= 15 is 0 Å². The van der Waals surface area contributed by atoms with Crippen LogP contribution >= 0.6 is 0 Å². The van der Waals surface area contributed by atoms with Crippen LogP contribution in [0.3, 0.4) is 0 Å². The Morgan fingerprint density at radius 2 is 2.18 bits per heavy atom. The Morgan fingerprint density at radius 3 is 2.91 bits per heavy atom. The molecule has 0 saturated carbocycles. The van der Waals surface area contributed by atoms with Gasteiger partial charge in [-0.2, -0.15) is 0 Å². The average Bonchev–Trinajstić information content (AvgIpc) is 3.00. The number of rotatable bonds is 4. The summed E-state index contributed by atoms with van der Waals surface area (Å²) in [5, 5.41) is 3.77. The molecule has 0 radical (unpaired) electrons. The molecule has 22 heavy (non-hydrogen) atoms. The van der Waals surface area contributed by atoms with Crippen LogP contribution < -0.4 is 0 Å². The Bertz CT molecular complexity index is 624. The van der Waals surface area contributed by atoms with Crippen molar-refractivity contribution in [1.29, 1.82) is 0 Å². The van der Waals surface area contributed by atoms with Gasteiger partial charge in [0, 0.05) is 19.2 Å². The summed E-state index contributed by atoms with van der Waals surface area (Å²) in [5.41, 5.74) is 2.01. The normalized spacial score (nSPS) is 18.4. The van der Waals surface area contributed by atoms with Gasteiger partial charge in [0.1, 0.15) is 0 Å². The van der Waals surface area contributed by atoms with E-state index in [1.807, 2.05) is 25.1 Å². The molecular weight excluding hydrogens is 280 g/mol. The number of hydrogen-bond acceptors (Lipinski definition) is 4. The molecule has 3 rings (SSSR count). The number of morpholine rings is 1. The third-order valence-electron chi connectivity index (χ3n) is 3.86. The summed E-state index contributed by atoms with van der Waals surface area (Å²) in [4.78, 5) is 14.2. The Morgan fingerprint density at radius 1 is 1.36 bits per heavy atom. The second-order valence-electron chi connectivity index (χ2n) is 5.60. The van der Waals surface area contributed by atoms with Gasteiger partial charge in [0.15, 0.2) is 0 Å². The Hall–Kier alpha value is -2.14. The molecule has 0 aliphatic carbocycles. The number of nitrogens with zero attached hydrogens (tertiary/aromatic N) is 2. The smallest absolute Gasteiger partial charge is 0.292 e. The number of carbonyl (C=O) groups is 1. The van der Waals surface area contributed by atoms with Crippen LogP contribution in [-0.2, 0) is 11.2 Å². The van der Waals surface area contributed by atoms with Gasteiger partial charge in [-0.25, -0.2) is 0 Å². The molecule has 0 bridgehead atoms. The molecule has 1 amide bonds. The van der Waals surface area contributed by atoms with E-state index in [-0.39, 0.29) is 12.0 Å². The summed E-state index contributed by atoms with van der Waals surface area (Å²) in [6, 6.07) is 12.0. The zero-order valence-corrected chi connectivity index (χ0v) is 12.7. The number of amides is 1. The van der Waals surface area contributed by atoms with Gasteiger partial charge in [-0.1, -0.05) is 35.5 Å². The zero-order valence-electron chi connectivity index (χ0n) is 12.7.